The molecular weight excluding hydrogens is 343 g/mol. The first kappa shape index (κ1) is 18.2. The monoisotopic (exact) mass is 370 g/mol. The van der Waals surface area contributed by atoms with Crippen molar-refractivity contribution in [1.82, 2.24) is 19.8 Å². The van der Waals surface area contributed by atoms with Gasteiger partial charge >= 0.3 is 0 Å². The molecule has 6 heteroatoms. The van der Waals surface area contributed by atoms with Gasteiger partial charge in [-0.1, -0.05) is 12.1 Å². The molecule has 0 aliphatic carbocycles. The topological polar surface area (TPSA) is 52.2 Å². The summed E-state index contributed by atoms with van der Waals surface area (Å²) in [4.78, 5) is 24.1. The smallest absolute Gasteiger partial charge is 0.222 e. The second-order valence-electron chi connectivity index (χ2n) is 8.08. The maximum absolute atomic E-state index is 13.1. The Morgan fingerprint density at radius 3 is 2.81 bits per heavy atom. The van der Waals surface area contributed by atoms with Gasteiger partial charge in [0.2, 0.25) is 5.91 Å². The number of aromatic amines is 1. The van der Waals surface area contributed by atoms with Gasteiger partial charge < -0.3 is 9.88 Å². The SMILES string of the molecule is O=C1CC[C@@]2(CCCN(Cc3ccc(F)cc3)C2)CN1CCc1cnc[nH]1. The quantitative estimate of drug-likeness (QED) is 0.880. The van der Waals surface area contributed by atoms with Gasteiger partial charge in [-0.25, -0.2) is 9.37 Å². The Hall–Kier alpha value is -2.21. The molecule has 2 fully saturated rings. The van der Waals surface area contributed by atoms with Gasteiger partial charge in [0.25, 0.3) is 0 Å². The highest BCUT2D eigenvalue weighted by molar-refractivity contribution is 5.77. The van der Waals surface area contributed by atoms with E-state index in [4.69, 9.17) is 0 Å². The van der Waals surface area contributed by atoms with Crippen LogP contribution in [0.1, 0.15) is 36.9 Å². The number of H-pyrrole nitrogens is 1. The summed E-state index contributed by atoms with van der Waals surface area (Å²) in [5.41, 5.74) is 2.42. The number of likely N-dealkylation sites (tertiary alicyclic amines) is 2. The summed E-state index contributed by atoms with van der Waals surface area (Å²) in [5.74, 6) is 0.0864. The van der Waals surface area contributed by atoms with Crippen LogP contribution in [-0.4, -0.2) is 51.9 Å². The normalized spacial score (nSPS) is 23.9. The molecule has 2 aliphatic heterocycles. The fourth-order valence-corrected chi connectivity index (χ4v) is 4.61. The third kappa shape index (κ3) is 4.38. The number of halogens is 1. The fourth-order valence-electron chi connectivity index (χ4n) is 4.61. The van der Waals surface area contributed by atoms with Crippen molar-refractivity contribution in [3.63, 3.8) is 0 Å². The summed E-state index contributed by atoms with van der Waals surface area (Å²) in [6.07, 6.45) is 8.30. The van der Waals surface area contributed by atoms with E-state index in [0.29, 0.717) is 6.42 Å². The molecule has 1 aromatic carbocycles. The third-order valence-corrected chi connectivity index (χ3v) is 6.01. The molecule has 1 N–H and O–H groups in total. The van der Waals surface area contributed by atoms with Gasteiger partial charge in [-0.05, 0) is 43.5 Å². The van der Waals surface area contributed by atoms with Crippen molar-refractivity contribution in [2.24, 2.45) is 5.41 Å². The molecule has 0 bridgehead atoms. The first-order chi connectivity index (χ1) is 13.1. The minimum Gasteiger partial charge on any atom is -0.348 e. The number of benzene rings is 1. The van der Waals surface area contributed by atoms with Crippen LogP contribution in [0, 0.1) is 11.2 Å². The summed E-state index contributed by atoms with van der Waals surface area (Å²) in [5, 5.41) is 0. The van der Waals surface area contributed by atoms with Crippen molar-refractivity contribution in [1.29, 1.82) is 0 Å². The van der Waals surface area contributed by atoms with E-state index >= 15 is 0 Å². The molecule has 2 aliphatic rings. The molecule has 0 unspecified atom stereocenters. The summed E-state index contributed by atoms with van der Waals surface area (Å²) in [6.45, 7) is 4.53. The average Bonchev–Trinajstić information content (AvgIpc) is 3.19. The van der Waals surface area contributed by atoms with Gasteiger partial charge in [0.05, 0.1) is 6.33 Å². The third-order valence-electron chi connectivity index (χ3n) is 6.01. The molecular formula is C21H27FN4O. The number of piperidine rings is 2. The number of rotatable bonds is 5. The number of amides is 1. The first-order valence-corrected chi connectivity index (χ1v) is 9.84. The van der Waals surface area contributed by atoms with Gasteiger partial charge in [-0.3, -0.25) is 9.69 Å². The zero-order valence-corrected chi connectivity index (χ0v) is 15.7. The standard InChI is InChI=1S/C21H27FN4O/c22-18-4-2-17(3-5-18)13-25-10-1-8-21(14-25)9-6-20(27)26(15-21)11-7-19-12-23-16-24-19/h2-5,12,16H,1,6-11,13-15H2,(H,23,24)/t21-/m1/s1. The Kier molecular flexibility index (Phi) is 5.25. The molecule has 0 saturated carbocycles. The molecule has 1 spiro atoms. The molecule has 2 aromatic rings. The molecule has 2 saturated heterocycles. The van der Waals surface area contributed by atoms with Crippen molar-refractivity contribution in [3.05, 3.63) is 53.9 Å². The number of hydrogen-bond donors (Lipinski definition) is 1. The predicted octanol–water partition coefficient (Wildman–Crippen LogP) is 3.00. The first-order valence-electron chi connectivity index (χ1n) is 9.84. The molecule has 3 heterocycles. The minimum atomic E-state index is -0.187. The highest BCUT2D eigenvalue weighted by Crippen LogP contribution is 2.39. The number of carbonyl (C=O) groups is 1. The number of hydrogen-bond acceptors (Lipinski definition) is 3. The van der Waals surface area contributed by atoms with Gasteiger partial charge in [0, 0.05) is 56.3 Å². The predicted molar refractivity (Wildman–Crippen MR) is 101 cm³/mol. The Morgan fingerprint density at radius 2 is 2.04 bits per heavy atom. The van der Waals surface area contributed by atoms with E-state index in [1.165, 1.54) is 18.6 Å². The van der Waals surface area contributed by atoms with E-state index in [0.717, 1.165) is 63.2 Å². The average molecular weight is 370 g/mol. The van der Waals surface area contributed by atoms with Crippen molar-refractivity contribution in [3.8, 4) is 0 Å². The van der Waals surface area contributed by atoms with Crippen LogP contribution in [0.4, 0.5) is 4.39 Å². The fraction of sp³-hybridized carbons (Fsp3) is 0.524. The Labute approximate surface area is 159 Å². The molecule has 5 nitrogen and oxygen atoms in total. The lowest BCUT2D eigenvalue weighted by atomic mass is 9.73. The van der Waals surface area contributed by atoms with E-state index in [-0.39, 0.29) is 17.1 Å². The zero-order valence-electron chi connectivity index (χ0n) is 15.7. The van der Waals surface area contributed by atoms with E-state index in [9.17, 15) is 9.18 Å². The van der Waals surface area contributed by atoms with Crippen LogP contribution >= 0.6 is 0 Å². The molecule has 27 heavy (non-hydrogen) atoms. The lowest BCUT2D eigenvalue weighted by molar-refractivity contribution is -0.139. The van der Waals surface area contributed by atoms with Crippen LogP contribution < -0.4 is 0 Å². The summed E-state index contributed by atoms with van der Waals surface area (Å²) in [7, 11) is 0. The van der Waals surface area contributed by atoms with Crippen molar-refractivity contribution >= 4 is 5.91 Å². The highest BCUT2D eigenvalue weighted by atomic mass is 19.1. The molecule has 1 atom stereocenters. The van der Waals surface area contributed by atoms with Crippen molar-refractivity contribution in [2.75, 3.05) is 26.2 Å². The summed E-state index contributed by atoms with van der Waals surface area (Å²) >= 11 is 0. The zero-order chi connectivity index (χ0) is 18.7. The van der Waals surface area contributed by atoms with E-state index < -0.39 is 0 Å². The number of nitrogens with one attached hydrogen (secondary N) is 1. The van der Waals surface area contributed by atoms with Crippen LogP contribution in [0.3, 0.4) is 0 Å². The van der Waals surface area contributed by atoms with Gasteiger partial charge in [0.1, 0.15) is 5.82 Å². The second kappa shape index (κ2) is 7.80. The van der Waals surface area contributed by atoms with E-state index in [1.807, 2.05) is 23.2 Å². The Bertz CT molecular complexity index is 761. The minimum absolute atomic E-state index is 0.187. The van der Waals surface area contributed by atoms with Gasteiger partial charge in [0.15, 0.2) is 0 Å². The van der Waals surface area contributed by atoms with Crippen molar-refractivity contribution in [2.45, 2.75) is 38.6 Å². The van der Waals surface area contributed by atoms with Crippen LogP contribution in [0.2, 0.25) is 0 Å². The van der Waals surface area contributed by atoms with Gasteiger partial charge in [-0.15, -0.1) is 0 Å². The summed E-state index contributed by atoms with van der Waals surface area (Å²) in [6, 6.07) is 6.81. The number of carbonyl (C=O) groups excluding carboxylic acids is 1. The Balaban J connectivity index is 1.38. The van der Waals surface area contributed by atoms with E-state index in [1.54, 1.807) is 6.33 Å². The van der Waals surface area contributed by atoms with Gasteiger partial charge in [-0.2, -0.15) is 0 Å². The maximum atomic E-state index is 13.1. The van der Waals surface area contributed by atoms with E-state index in [2.05, 4.69) is 14.9 Å². The van der Waals surface area contributed by atoms with Crippen molar-refractivity contribution < 1.29 is 9.18 Å². The number of aromatic nitrogens is 2. The molecule has 144 valence electrons. The summed E-state index contributed by atoms with van der Waals surface area (Å²) < 4.78 is 13.1. The van der Waals surface area contributed by atoms with Crippen LogP contribution in [0.15, 0.2) is 36.8 Å². The maximum Gasteiger partial charge on any atom is 0.222 e. The lowest BCUT2D eigenvalue weighted by Crippen LogP contribution is -2.54. The largest absolute Gasteiger partial charge is 0.348 e. The second-order valence-corrected chi connectivity index (χ2v) is 8.08. The van der Waals surface area contributed by atoms with Crippen LogP contribution in [-0.2, 0) is 17.8 Å². The van der Waals surface area contributed by atoms with Crippen LogP contribution in [0.5, 0.6) is 0 Å². The van der Waals surface area contributed by atoms with Crippen LogP contribution in [0.25, 0.3) is 0 Å². The molecule has 1 amide bonds. The number of nitrogens with zero attached hydrogens (tertiary/aromatic N) is 3. The molecule has 1 aromatic heterocycles. The number of imidazole rings is 1. The highest BCUT2D eigenvalue weighted by Gasteiger charge is 2.41. The molecule has 4 rings (SSSR count). The Morgan fingerprint density at radius 1 is 1.19 bits per heavy atom. The lowest BCUT2D eigenvalue weighted by Gasteiger charge is -2.48. The molecule has 0 radical (unpaired) electrons.